The summed E-state index contributed by atoms with van der Waals surface area (Å²) in [5, 5.41) is 0. The Kier molecular flexibility index (Phi) is 3.88. The molecule has 1 nitrogen and oxygen atoms in total. The van der Waals surface area contributed by atoms with Gasteiger partial charge in [0.25, 0.3) is 0 Å². The van der Waals surface area contributed by atoms with Gasteiger partial charge in [-0.25, -0.2) is 0 Å². The SMILES string of the molecule is CCC1CCC(CN)(Cc2ccccc2C)C1. The van der Waals surface area contributed by atoms with Crippen LogP contribution >= 0.6 is 0 Å². The molecule has 0 aromatic heterocycles. The molecule has 1 heteroatoms. The van der Waals surface area contributed by atoms with E-state index in [1.54, 1.807) is 0 Å². The molecule has 1 aromatic rings. The Hall–Kier alpha value is -0.820. The van der Waals surface area contributed by atoms with Gasteiger partial charge in [-0.3, -0.25) is 0 Å². The van der Waals surface area contributed by atoms with Crippen LogP contribution in [0.2, 0.25) is 0 Å². The molecule has 1 aromatic carbocycles. The lowest BCUT2D eigenvalue weighted by atomic mass is 9.78. The third kappa shape index (κ3) is 2.71. The summed E-state index contributed by atoms with van der Waals surface area (Å²) in [6.45, 7) is 5.37. The molecule has 0 bridgehead atoms. The van der Waals surface area contributed by atoms with E-state index < -0.39 is 0 Å². The van der Waals surface area contributed by atoms with Crippen molar-refractivity contribution in [2.75, 3.05) is 6.54 Å². The van der Waals surface area contributed by atoms with Crippen LogP contribution in [-0.4, -0.2) is 6.54 Å². The van der Waals surface area contributed by atoms with Crippen molar-refractivity contribution in [3.05, 3.63) is 35.4 Å². The average Bonchev–Trinajstić information content (AvgIpc) is 2.76. The van der Waals surface area contributed by atoms with Gasteiger partial charge in [-0.2, -0.15) is 0 Å². The fourth-order valence-corrected chi connectivity index (χ4v) is 3.31. The third-order valence-electron chi connectivity index (χ3n) is 4.64. The summed E-state index contributed by atoms with van der Waals surface area (Å²) in [5.74, 6) is 0.905. The van der Waals surface area contributed by atoms with Crippen LogP contribution in [0.15, 0.2) is 24.3 Å². The van der Waals surface area contributed by atoms with Crippen LogP contribution < -0.4 is 5.73 Å². The van der Waals surface area contributed by atoms with Gasteiger partial charge in [0.05, 0.1) is 0 Å². The number of benzene rings is 1. The molecule has 1 aliphatic rings. The van der Waals surface area contributed by atoms with Crippen LogP contribution in [0, 0.1) is 18.3 Å². The van der Waals surface area contributed by atoms with Gasteiger partial charge in [0.1, 0.15) is 0 Å². The molecule has 94 valence electrons. The zero-order valence-electron chi connectivity index (χ0n) is 11.2. The Labute approximate surface area is 105 Å². The minimum Gasteiger partial charge on any atom is -0.330 e. The molecule has 17 heavy (non-hydrogen) atoms. The van der Waals surface area contributed by atoms with Crippen molar-refractivity contribution in [2.24, 2.45) is 17.1 Å². The van der Waals surface area contributed by atoms with Crippen molar-refractivity contribution < 1.29 is 0 Å². The van der Waals surface area contributed by atoms with E-state index in [1.165, 1.54) is 43.2 Å². The third-order valence-corrected chi connectivity index (χ3v) is 4.64. The maximum absolute atomic E-state index is 6.08. The van der Waals surface area contributed by atoms with Gasteiger partial charge in [0.15, 0.2) is 0 Å². The summed E-state index contributed by atoms with van der Waals surface area (Å²) < 4.78 is 0. The van der Waals surface area contributed by atoms with Crippen LogP contribution in [0.4, 0.5) is 0 Å². The fraction of sp³-hybridized carbons (Fsp3) is 0.625. The van der Waals surface area contributed by atoms with Crippen LogP contribution in [0.25, 0.3) is 0 Å². The van der Waals surface area contributed by atoms with Crippen molar-refractivity contribution >= 4 is 0 Å². The molecular formula is C16H25N. The Morgan fingerprint density at radius 1 is 1.35 bits per heavy atom. The number of rotatable bonds is 4. The standard InChI is InChI=1S/C16H25N/c1-3-14-8-9-16(10-14,12-17)11-15-7-5-4-6-13(15)2/h4-7,14H,3,8-12,17H2,1-2H3. The van der Waals surface area contributed by atoms with Gasteiger partial charge in [0, 0.05) is 0 Å². The molecule has 2 rings (SSSR count). The second kappa shape index (κ2) is 5.22. The van der Waals surface area contributed by atoms with Gasteiger partial charge in [-0.05, 0) is 61.6 Å². The quantitative estimate of drug-likeness (QED) is 0.840. The number of hydrogen-bond donors (Lipinski definition) is 1. The molecule has 2 N–H and O–H groups in total. The van der Waals surface area contributed by atoms with Crippen LogP contribution in [-0.2, 0) is 6.42 Å². The Morgan fingerprint density at radius 3 is 2.71 bits per heavy atom. The Balaban J connectivity index is 2.13. The minimum atomic E-state index is 0.382. The Morgan fingerprint density at radius 2 is 2.12 bits per heavy atom. The number of hydrogen-bond acceptors (Lipinski definition) is 1. The smallest absolute Gasteiger partial charge is 0.00172 e. The summed E-state index contributed by atoms with van der Waals surface area (Å²) in [6.07, 6.45) is 6.51. The predicted octanol–water partition coefficient (Wildman–Crippen LogP) is 3.69. The molecule has 0 heterocycles. The predicted molar refractivity (Wildman–Crippen MR) is 74.0 cm³/mol. The first-order valence-corrected chi connectivity index (χ1v) is 6.94. The Bertz CT molecular complexity index is 372. The van der Waals surface area contributed by atoms with E-state index in [2.05, 4.69) is 38.1 Å². The molecule has 0 aliphatic heterocycles. The summed E-state index contributed by atoms with van der Waals surface area (Å²) in [4.78, 5) is 0. The molecule has 0 radical (unpaired) electrons. The monoisotopic (exact) mass is 231 g/mol. The molecule has 2 unspecified atom stereocenters. The number of nitrogens with two attached hydrogens (primary N) is 1. The topological polar surface area (TPSA) is 26.0 Å². The highest BCUT2D eigenvalue weighted by Crippen LogP contribution is 2.44. The molecular weight excluding hydrogens is 206 g/mol. The van der Waals surface area contributed by atoms with Crippen LogP contribution in [0.5, 0.6) is 0 Å². The average molecular weight is 231 g/mol. The van der Waals surface area contributed by atoms with Crippen molar-refractivity contribution in [2.45, 2.75) is 46.0 Å². The van der Waals surface area contributed by atoms with Gasteiger partial charge in [-0.15, -0.1) is 0 Å². The van der Waals surface area contributed by atoms with E-state index in [-0.39, 0.29) is 0 Å². The van der Waals surface area contributed by atoms with Gasteiger partial charge >= 0.3 is 0 Å². The van der Waals surface area contributed by atoms with E-state index in [0.717, 1.165) is 12.5 Å². The molecule has 0 amide bonds. The van der Waals surface area contributed by atoms with Crippen molar-refractivity contribution in [1.29, 1.82) is 0 Å². The first kappa shape index (κ1) is 12.6. The van der Waals surface area contributed by atoms with Crippen LogP contribution in [0.1, 0.15) is 43.7 Å². The summed E-state index contributed by atoms with van der Waals surface area (Å²) in [6, 6.07) is 8.76. The van der Waals surface area contributed by atoms with Gasteiger partial charge in [0.2, 0.25) is 0 Å². The van der Waals surface area contributed by atoms with Crippen molar-refractivity contribution in [3.8, 4) is 0 Å². The molecule has 0 saturated heterocycles. The first-order chi connectivity index (χ1) is 8.19. The second-order valence-electron chi connectivity index (χ2n) is 5.82. The van der Waals surface area contributed by atoms with Crippen molar-refractivity contribution in [1.82, 2.24) is 0 Å². The van der Waals surface area contributed by atoms with E-state index in [4.69, 9.17) is 5.73 Å². The van der Waals surface area contributed by atoms with E-state index in [9.17, 15) is 0 Å². The first-order valence-electron chi connectivity index (χ1n) is 6.94. The van der Waals surface area contributed by atoms with Gasteiger partial charge in [-0.1, -0.05) is 37.6 Å². The van der Waals surface area contributed by atoms with E-state index in [1.807, 2.05) is 0 Å². The lowest BCUT2D eigenvalue weighted by Crippen LogP contribution is -2.30. The zero-order chi connectivity index (χ0) is 12.3. The highest BCUT2D eigenvalue weighted by atomic mass is 14.6. The summed E-state index contributed by atoms with van der Waals surface area (Å²) >= 11 is 0. The highest BCUT2D eigenvalue weighted by molar-refractivity contribution is 5.27. The lowest BCUT2D eigenvalue weighted by Gasteiger charge is -2.28. The number of aryl methyl sites for hydroxylation is 1. The summed E-state index contributed by atoms with van der Waals surface area (Å²) in [5.41, 5.74) is 9.38. The second-order valence-corrected chi connectivity index (χ2v) is 5.82. The fourth-order valence-electron chi connectivity index (χ4n) is 3.31. The molecule has 0 spiro atoms. The molecule has 2 atom stereocenters. The van der Waals surface area contributed by atoms with Crippen molar-refractivity contribution in [3.63, 3.8) is 0 Å². The molecule has 1 aliphatic carbocycles. The zero-order valence-corrected chi connectivity index (χ0v) is 11.2. The van der Waals surface area contributed by atoms with Gasteiger partial charge < -0.3 is 5.73 Å². The summed E-state index contributed by atoms with van der Waals surface area (Å²) in [7, 11) is 0. The molecule has 1 saturated carbocycles. The highest BCUT2D eigenvalue weighted by Gasteiger charge is 2.37. The van der Waals surface area contributed by atoms with E-state index in [0.29, 0.717) is 5.41 Å². The van der Waals surface area contributed by atoms with Crippen LogP contribution in [0.3, 0.4) is 0 Å². The maximum Gasteiger partial charge on any atom is -0.00172 e. The maximum atomic E-state index is 6.08. The minimum absolute atomic E-state index is 0.382. The lowest BCUT2D eigenvalue weighted by molar-refractivity contribution is 0.290. The largest absolute Gasteiger partial charge is 0.330 e. The van der Waals surface area contributed by atoms with E-state index >= 15 is 0 Å². The molecule has 1 fully saturated rings. The normalized spacial score (nSPS) is 28.5.